The number of benzene rings is 3. The molecule has 0 unspecified atom stereocenters. The number of carbonyl (C=O) groups excluding carboxylic acids is 2. The topological polar surface area (TPSA) is 61.8 Å². The van der Waals surface area contributed by atoms with E-state index in [1.54, 1.807) is 60.7 Å². The Kier molecular flexibility index (Phi) is 4.64. The second kappa shape index (κ2) is 7.27. The summed E-state index contributed by atoms with van der Waals surface area (Å²) in [6, 6.07) is 20.0. The first-order chi connectivity index (χ1) is 14.0. The van der Waals surface area contributed by atoms with Crippen molar-refractivity contribution in [1.82, 2.24) is 10.3 Å². The third-order valence-electron chi connectivity index (χ3n) is 4.72. The van der Waals surface area contributed by atoms with E-state index >= 15 is 0 Å². The molecule has 1 aliphatic rings. The largest absolute Gasteiger partial charge is 0.346 e. The van der Waals surface area contributed by atoms with Crippen LogP contribution in [0.15, 0.2) is 84.0 Å². The standard InChI is InChI=1S/C22H15F2N3O2/c23-18-12-7-13-19(24)17(18)14-25-27-20(28)22(26-21(27)29,15-8-3-1-4-9-15)16-10-5-2-6-11-16/h1-14H,(H,26,29)/b25-14-. The molecule has 1 N–H and O–H groups in total. The molecule has 3 aromatic carbocycles. The number of urea groups is 1. The van der Waals surface area contributed by atoms with Crippen molar-refractivity contribution in [2.75, 3.05) is 0 Å². The molecule has 0 atom stereocenters. The van der Waals surface area contributed by atoms with Crippen molar-refractivity contribution >= 4 is 18.2 Å². The van der Waals surface area contributed by atoms with Crippen LogP contribution in [0, 0.1) is 11.6 Å². The van der Waals surface area contributed by atoms with Crippen molar-refractivity contribution in [2.45, 2.75) is 5.54 Å². The van der Waals surface area contributed by atoms with Crippen LogP contribution in [0.25, 0.3) is 0 Å². The Morgan fingerprint density at radius 3 is 1.83 bits per heavy atom. The van der Waals surface area contributed by atoms with Crippen LogP contribution in [-0.4, -0.2) is 23.2 Å². The summed E-state index contributed by atoms with van der Waals surface area (Å²) in [5.41, 5.74) is -0.853. The van der Waals surface area contributed by atoms with Gasteiger partial charge in [0.25, 0.3) is 5.91 Å². The molecule has 29 heavy (non-hydrogen) atoms. The van der Waals surface area contributed by atoms with Crippen LogP contribution >= 0.6 is 0 Å². The Bertz CT molecular complexity index is 1040. The number of hydrogen-bond donors (Lipinski definition) is 1. The molecule has 1 heterocycles. The normalized spacial score (nSPS) is 15.7. The van der Waals surface area contributed by atoms with Crippen molar-refractivity contribution in [3.63, 3.8) is 0 Å². The highest BCUT2D eigenvalue weighted by Crippen LogP contribution is 2.36. The number of carbonyl (C=O) groups is 2. The maximum absolute atomic E-state index is 13.9. The lowest BCUT2D eigenvalue weighted by atomic mass is 9.83. The summed E-state index contributed by atoms with van der Waals surface area (Å²) < 4.78 is 27.7. The van der Waals surface area contributed by atoms with Crippen LogP contribution < -0.4 is 5.32 Å². The van der Waals surface area contributed by atoms with Crippen LogP contribution in [0.1, 0.15) is 16.7 Å². The molecule has 1 fully saturated rings. The van der Waals surface area contributed by atoms with Crippen molar-refractivity contribution in [1.29, 1.82) is 0 Å². The van der Waals surface area contributed by atoms with Gasteiger partial charge < -0.3 is 5.32 Å². The van der Waals surface area contributed by atoms with E-state index in [-0.39, 0.29) is 0 Å². The average Bonchev–Trinajstić information content (AvgIpc) is 3.00. The van der Waals surface area contributed by atoms with Crippen LogP contribution in [0.4, 0.5) is 13.6 Å². The zero-order valence-electron chi connectivity index (χ0n) is 15.0. The number of hydrogen-bond acceptors (Lipinski definition) is 3. The number of hydrazone groups is 1. The zero-order chi connectivity index (χ0) is 20.4. The fourth-order valence-electron chi connectivity index (χ4n) is 3.31. The summed E-state index contributed by atoms with van der Waals surface area (Å²) in [6.45, 7) is 0. The highest BCUT2D eigenvalue weighted by Gasteiger charge is 2.54. The quantitative estimate of drug-likeness (QED) is 0.543. The molecule has 1 saturated heterocycles. The van der Waals surface area contributed by atoms with Crippen molar-refractivity contribution in [2.24, 2.45) is 5.10 Å². The molecule has 7 heteroatoms. The van der Waals surface area contributed by atoms with Crippen LogP contribution in [-0.2, 0) is 10.3 Å². The minimum Gasteiger partial charge on any atom is -0.314 e. The van der Waals surface area contributed by atoms with Gasteiger partial charge in [-0.25, -0.2) is 13.6 Å². The van der Waals surface area contributed by atoms with E-state index in [4.69, 9.17) is 0 Å². The van der Waals surface area contributed by atoms with Gasteiger partial charge in [-0.05, 0) is 23.3 Å². The summed E-state index contributed by atoms with van der Waals surface area (Å²) in [5.74, 6) is -2.37. The van der Waals surface area contributed by atoms with Gasteiger partial charge in [0.15, 0.2) is 5.54 Å². The predicted molar refractivity (Wildman–Crippen MR) is 103 cm³/mol. The maximum Gasteiger partial charge on any atom is 0.346 e. The SMILES string of the molecule is O=C1NC(c2ccccc2)(c2ccccc2)C(=O)N1/N=C\c1c(F)cccc1F. The molecule has 0 bridgehead atoms. The molecule has 144 valence electrons. The highest BCUT2D eigenvalue weighted by atomic mass is 19.1. The highest BCUT2D eigenvalue weighted by molar-refractivity contribution is 6.09. The Balaban J connectivity index is 1.79. The first kappa shape index (κ1) is 18.5. The number of halogens is 2. The van der Waals surface area contributed by atoms with E-state index < -0.39 is 34.7 Å². The van der Waals surface area contributed by atoms with Gasteiger partial charge in [-0.1, -0.05) is 66.7 Å². The first-order valence-corrected chi connectivity index (χ1v) is 8.80. The minimum absolute atomic E-state index is 0.440. The molecule has 3 amide bonds. The van der Waals surface area contributed by atoms with E-state index in [1.807, 2.05) is 0 Å². The molecular weight excluding hydrogens is 376 g/mol. The van der Waals surface area contributed by atoms with Crippen molar-refractivity contribution in [3.05, 3.63) is 107 Å². The molecule has 1 aliphatic heterocycles. The second-order valence-corrected chi connectivity index (χ2v) is 6.41. The van der Waals surface area contributed by atoms with Crippen molar-refractivity contribution in [3.8, 4) is 0 Å². The monoisotopic (exact) mass is 391 g/mol. The van der Waals surface area contributed by atoms with E-state index in [0.717, 1.165) is 18.3 Å². The van der Waals surface area contributed by atoms with Gasteiger partial charge in [0.1, 0.15) is 11.6 Å². The van der Waals surface area contributed by atoms with Gasteiger partial charge in [-0.15, -0.1) is 5.01 Å². The lowest BCUT2D eigenvalue weighted by molar-refractivity contribution is -0.130. The van der Waals surface area contributed by atoms with Crippen LogP contribution in [0.5, 0.6) is 0 Å². The summed E-state index contributed by atoms with van der Waals surface area (Å²) in [7, 11) is 0. The molecule has 5 nitrogen and oxygen atoms in total. The smallest absolute Gasteiger partial charge is 0.314 e. The lowest BCUT2D eigenvalue weighted by Crippen LogP contribution is -2.44. The third kappa shape index (κ3) is 3.06. The number of nitrogens with one attached hydrogen (secondary N) is 1. The van der Waals surface area contributed by atoms with Crippen LogP contribution in [0.3, 0.4) is 0 Å². The summed E-state index contributed by atoms with van der Waals surface area (Å²) in [5, 5.41) is 7.08. The third-order valence-corrected chi connectivity index (χ3v) is 4.72. The minimum atomic E-state index is -1.50. The fraction of sp³-hybridized carbons (Fsp3) is 0.0455. The van der Waals surface area contributed by atoms with Gasteiger partial charge in [0.05, 0.1) is 11.8 Å². The average molecular weight is 391 g/mol. The zero-order valence-corrected chi connectivity index (χ0v) is 15.0. The number of nitrogens with zero attached hydrogens (tertiary/aromatic N) is 2. The predicted octanol–water partition coefficient (Wildman–Crippen LogP) is 3.79. The first-order valence-electron chi connectivity index (χ1n) is 8.80. The van der Waals surface area contributed by atoms with Gasteiger partial charge in [-0.2, -0.15) is 5.10 Å². The van der Waals surface area contributed by atoms with Crippen LogP contribution in [0.2, 0.25) is 0 Å². The molecule has 4 rings (SSSR count). The molecule has 0 aromatic heterocycles. The Hall–Kier alpha value is -3.87. The Labute approximate surface area is 165 Å². The van der Waals surface area contributed by atoms with Crippen molar-refractivity contribution < 1.29 is 18.4 Å². The lowest BCUT2D eigenvalue weighted by Gasteiger charge is -2.27. The Morgan fingerprint density at radius 2 is 1.31 bits per heavy atom. The summed E-state index contributed by atoms with van der Waals surface area (Å²) in [4.78, 5) is 26.0. The molecule has 0 saturated carbocycles. The molecule has 0 aliphatic carbocycles. The van der Waals surface area contributed by atoms with E-state index in [9.17, 15) is 18.4 Å². The van der Waals surface area contributed by atoms with Gasteiger partial charge in [0, 0.05) is 0 Å². The molecular formula is C22H15F2N3O2. The summed E-state index contributed by atoms with van der Waals surface area (Å²) in [6.07, 6.45) is 0.828. The maximum atomic E-state index is 13.9. The number of amides is 3. The fourth-order valence-corrected chi connectivity index (χ4v) is 3.31. The summed E-state index contributed by atoms with van der Waals surface area (Å²) >= 11 is 0. The van der Waals surface area contributed by atoms with E-state index in [0.29, 0.717) is 16.1 Å². The number of imide groups is 1. The molecule has 3 aromatic rings. The molecule has 0 spiro atoms. The van der Waals surface area contributed by atoms with E-state index in [1.165, 1.54) is 6.07 Å². The Morgan fingerprint density at radius 1 is 0.793 bits per heavy atom. The molecule has 0 radical (unpaired) electrons. The van der Waals surface area contributed by atoms with Gasteiger partial charge in [-0.3, -0.25) is 4.79 Å². The van der Waals surface area contributed by atoms with Gasteiger partial charge in [0.2, 0.25) is 0 Å². The second-order valence-electron chi connectivity index (χ2n) is 6.41. The van der Waals surface area contributed by atoms with Gasteiger partial charge >= 0.3 is 6.03 Å². The number of rotatable bonds is 4. The van der Waals surface area contributed by atoms with E-state index in [2.05, 4.69) is 10.4 Å².